The van der Waals surface area contributed by atoms with Crippen molar-refractivity contribution in [1.82, 2.24) is 0 Å². The molecule has 0 rings (SSSR count). The number of carbonyl (C=O) groups is 1. The van der Waals surface area contributed by atoms with Crippen LogP contribution in [0.15, 0.2) is 12.2 Å². The Morgan fingerprint density at radius 3 is 1.68 bits per heavy atom. The zero-order valence-electron chi connectivity index (χ0n) is 15.1. The Labute approximate surface area is 138 Å². The molecule has 2 heteroatoms. The first-order chi connectivity index (χ1) is 10.8. The fourth-order valence-electron chi connectivity index (χ4n) is 2.62. The van der Waals surface area contributed by atoms with Crippen molar-refractivity contribution in [3.05, 3.63) is 12.2 Å². The summed E-state index contributed by atoms with van der Waals surface area (Å²) in [5.41, 5.74) is 0. The second-order valence-corrected chi connectivity index (χ2v) is 6.26. The molecular weight excluding hydrogens is 272 g/mol. The number of carbonyl (C=O) groups excluding carboxylic acids is 1. The van der Waals surface area contributed by atoms with Gasteiger partial charge in [-0.15, -0.1) is 0 Å². The first kappa shape index (κ1) is 21.2. The molecule has 0 saturated carbocycles. The van der Waals surface area contributed by atoms with E-state index in [1.165, 1.54) is 84.2 Å². The van der Waals surface area contributed by atoms with Crippen LogP contribution >= 0.6 is 0 Å². The van der Waals surface area contributed by atoms with E-state index in [4.69, 9.17) is 0 Å². The van der Waals surface area contributed by atoms with Crippen LogP contribution in [0.3, 0.4) is 0 Å². The summed E-state index contributed by atoms with van der Waals surface area (Å²) in [4.78, 5) is 10.9. The van der Waals surface area contributed by atoms with Crippen LogP contribution in [0, 0.1) is 0 Å². The number of esters is 1. The Hall–Kier alpha value is -0.790. The molecule has 0 fully saturated rings. The van der Waals surface area contributed by atoms with Crippen molar-refractivity contribution in [2.24, 2.45) is 0 Å². The summed E-state index contributed by atoms with van der Waals surface area (Å²) >= 11 is 0. The first-order valence-corrected chi connectivity index (χ1v) is 9.53. The van der Waals surface area contributed by atoms with E-state index in [-0.39, 0.29) is 5.97 Å². The van der Waals surface area contributed by atoms with Crippen LogP contribution in [0.5, 0.6) is 0 Å². The van der Waals surface area contributed by atoms with Gasteiger partial charge in [0.05, 0.1) is 7.11 Å². The van der Waals surface area contributed by atoms with Gasteiger partial charge in [-0.3, -0.25) is 4.79 Å². The fourth-order valence-corrected chi connectivity index (χ4v) is 2.62. The third-order valence-electron chi connectivity index (χ3n) is 4.12. The van der Waals surface area contributed by atoms with Gasteiger partial charge in [0, 0.05) is 6.42 Å². The average molecular weight is 311 g/mol. The fraction of sp³-hybridized carbons (Fsp3) is 0.850. The molecule has 0 aliphatic heterocycles. The molecule has 0 aromatic heterocycles. The Kier molecular flexibility index (Phi) is 17.6. The highest BCUT2D eigenvalue weighted by molar-refractivity contribution is 5.68. The molecule has 0 atom stereocenters. The predicted octanol–water partition coefficient (Wildman–Crippen LogP) is 6.59. The lowest BCUT2D eigenvalue weighted by Gasteiger charge is -2.00. The Morgan fingerprint density at radius 2 is 1.18 bits per heavy atom. The molecule has 2 nitrogen and oxygen atoms in total. The number of unbranched alkanes of at least 4 members (excludes halogenated alkanes) is 12. The molecule has 0 unspecified atom stereocenters. The Morgan fingerprint density at radius 1 is 0.727 bits per heavy atom. The molecule has 0 N–H and O–H groups in total. The van der Waals surface area contributed by atoms with Crippen molar-refractivity contribution in [2.45, 2.75) is 103 Å². The molecule has 0 bridgehead atoms. The van der Waals surface area contributed by atoms with Gasteiger partial charge in [0.2, 0.25) is 0 Å². The van der Waals surface area contributed by atoms with Crippen LogP contribution in [-0.2, 0) is 9.53 Å². The monoisotopic (exact) mass is 310 g/mol. The molecule has 0 saturated heterocycles. The quantitative estimate of drug-likeness (QED) is 0.183. The number of ether oxygens (including phenoxy) is 1. The van der Waals surface area contributed by atoms with Gasteiger partial charge >= 0.3 is 5.97 Å². The van der Waals surface area contributed by atoms with E-state index in [1.54, 1.807) is 0 Å². The van der Waals surface area contributed by atoms with E-state index in [0.29, 0.717) is 6.42 Å². The third kappa shape index (κ3) is 17.3. The van der Waals surface area contributed by atoms with E-state index in [1.807, 2.05) is 0 Å². The maximum absolute atomic E-state index is 10.9. The molecule has 0 aromatic rings. The van der Waals surface area contributed by atoms with Crippen molar-refractivity contribution < 1.29 is 9.53 Å². The second-order valence-electron chi connectivity index (χ2n) is 6.26. The highest BCUT2D eigenvalue weighted by Crippen LogP contribution is 2.10. The van der Waals surface area contributed by atoms with Crippen molar-refractivity contribution in [2.75, 3.05) is 7.11 Å². The molecule has 0 aliphatic rings. The maximum atomic E-state index is 10.9. The number of rotatable bonds is 16. The third-order valence-corrected chi connectivity index (χ3v) is 4.12. The first-order valence-electron chi connectivity index (χ1n) is 9.53. The molecular formula is C20H38O2. The summed E-state index contributed by atoms with van der Waals surface area (Å²) in [7, 11) is 1.46. The van der Waals surface area contributed by atoms with E-state index < -0.39 is 0 Å². The maximum Gasteiger partial charge on any atom is 0.305 e. The van der Waals surface area contributed by atoms with E-state index in [0.717, 1.165) is 12.8 Å². The minimum atomic E-state index is -0.0757. The van der Waals surface area contributed by atoms with Crippen molar-refractivity contribution >= 4 is 5.97 Å². The summed E-state index contributed by atoms with van der Waals surface area (Å²) < 4.78 is 4.63. The lowest BCUT2D eigenvalue weighted by atomic mass is 10.1. The lowest BCUT2D eigenvalue weighted by molar-refractivity contribution is -0.140. The summed E-state index contributed by atoms with van der Waals surface area (Å²) in [6.07, 6.45) is 23.5. The summed E-state index contributed by atoms with van der Waals surface area (Å²) in [6, 6.07) is 0. The Bertz CT molecular complexity index is 258. The van der Waals surface area contributed by atoms with Gasteiger partial charge in [0.15, 0.2) is 0 Å². The number of hydrogen-bond donors (Lipinski definition) is 0. The molecule has 0 aliphatic carbocycles. The van der Waals surface area contributed by atoms with Crippen molar-refractivity contribution in [3.63, 3.8) is 0 Å². The highest BCUT2D eigenvalue weighted by atomic mass is 16.5. The van der Waals surface area contributed by atoms with Gasteiger partial charge in [-0.25, -0.2) is 0 Å². The number of hydrogen-bond acceptors (Lipinski definition) is 2. The van der Waals surface area contributed by atoms with Gasteiger partial charge in [-0.05, 0) is 32.1 Å². The topological polar surface area (TPSA) is 26.3 Å². The van der Waals surface area contributed by atoms with Crippen LogP contribution in [0.4, 0.5) is 0 Å². The molecule has 0 heterocycles. The smallest absolute Gasteiger partial charge is 0.305 e. The highest BCUT2D eigenvalue weighted by Gasteiger charge is 1.98. The summed E-state index contributed by atoms with van der Waals surface area (Å²) in [5, 5.41) is 0. The summed E-state index contributed by atoms with van der Waals surface area (Å²) in [6.45, 7) is 2.27. The molecule has 0 spiro atoms. The van der Waals surface area contributed by atoms with Crippen molar-refractivity contribution in [1.29, 1.82) is 0 Å². The zero-order chi connectivity index (χ0) is 16.3. The molecule has 130 valence electrons. The number of allylic oxidation sites excluding steroid dienone is 2. The second kappa shape index (κ2) is 18.3. The molecule has 0 aromatic carbocycles. The van der Waals surface area contributed by atoms with E-state index in [9.17, 15) is 4.79 Å². The van der Waals surface area contributed by atoms with Gasteiger partial charge < -0.3 is 4.74 Å². The van der Waals surface area contributed by atoms with Crippen LogP contribution in [0.25, 0.3) is 0 Å². The van der Waals surface area contributed by atoms with E-state index >= 15 is 0 Å². The summed E-state index contributed by atoms with van der Waals surface area (Å²) in [5.74, 6) is -0.0757. The van der Waals surface area contributed by atoms with Gasteiger partial charge in [-0.2, -0.15) is 0 Å². The van der Waals surface area contributed by atoms with Gasteiger partial charge in [0.25, 0.3) is 0 Å². The van der Waals surface area contributed by atoms with Crippen LogP contribution < -0.4 is 0 Å². The molecule has 0 amide bonds. The van der Waals surface area contributed by atoms with Gasteiger partial charge in [-0.1, -0.05) is 76.9 Å². The minimum Gasteiger partial charge on any atom is -0.469 e. The van der Waals surface area contributed by atoms with Crippen LogP contribution in [0.1, 0.15) is 103 Å². The minimum absolute atomic E-state index is 0.0757. The Balaban J connectivity index is 3.10. The SMILES string of the molecule is CCCCCCCCCC=CCCCCCCCC(=O)OC. The normalized spacial score (nSPS) is 11.2. The molecule has 22 heavy (non-hydrogen) atoms. The van der Waals surface area contributed by atoms with Gasteiger partial charge in [0.1, 0.15) is 0 Å². The predicted molar refractivity (Wildman–Crippen MR) is 96.1 cm³/mol. The zero-order valence-corrected chi connectivity index (χ0v) is 15.1. The van der Waals surface area contributed by atoms with Crippen LogP contribution in [0.2, 0.25) is 0 Å². The number of methoxy groups -OCH3 is 1. The standard InChI is InChI=1S/C20H38O2/c1-3-4-5-6-7-8-9-10-11-12-13-14-15-16-17-18-19-20(21)22-2/h11-12H,3-10,13-19H2,1-2H3. The van der Waals surface area contributed by atoms with Crippen LogP contribution in [-0.4, -0.2) is 13.1 Å². The largest absolute Gasteiger partial charge is 0.469 e. The van der Waals surface area contributed by atoms with Crippen molar-refractivity contribution in [3.8, 4) is 0 Å². The average Bonchev–Trinajstić information content (AvgIpc) is 2.54. The molecule has 0 radical (unpaired) electrons. The lowest BCUT2D eigenvalue weighted by Crippen LogP contribution is -1.98. The van der Waals surface area contributed by atoms with E-state index in [2.05, 4.69) is 23.8 Å².